The van der Waals surface area contributed by atoms with Crippen LogP contribution in [0, 0.1) is 5.92 Å². The van der Waals surface area contributed by atoms with E-state index in [0.717, 1.165) is 18.8 Å². The largest absolute Gasteiger partial charge is 0.481 e. The van der Waals surface area contributed by atoms with Crippen LogP contribution in [0.2, 0.25) is 0 Å². The number of carbonyl (C=O) groups is 1. The molecule has 0 radical (unpaired) electrons. The van der Waals surface area contributed by atoms with Gasteiger partial charge in [0.1, 0.15) is 11.7 Å². The summed E-state index contributed by atoms with van der Waals surface area (Å²) in [5.41, 5.74) is 0. The maximum atomic E-state index is 11.4. The first-order chi connectivity index (χ1) is 10.0. The maximum absolute atomic E-state index is 11.4. The van der Waals surface area contributed by atoms with Crippen molar-refractivity contribution in [2.45, 2.75) is 19.4 Å². The SMILES string of the molecule is CCCN(c1ccnc(N(C)C)n1)C1COCC1C(=O)O. The third-order valence-corrected chi connectivity index (χ3v) is 3.55. The Kier molecular flexibility index (Phi) is 4.95. The van der Waals surface area contributed by atoms with Crippen LogP contribution in [0.25, 0.3) is 0 Å². The molecule has 7 heteroatoms. The second-order valence-corrected chi connectivity index (χ2v) is 5.35. The monoisotopic (exact) mass is 294 g/mol. The van der Waals surface area contributed by atoms with E-state index in [-0.39, 0.29) is 12.6 Å². The van der Waals surface area contributed by atoms with Gasteiger partial charge in [0.15, 0.2) is 0 Å². The number of hydrogen-bond acceptors (Lipinski definition) is 6. The van der Waals surface area contributed by atoms with E-state index in [1.165, 1.54) is 0 Å². The molecular weight excluding hydrogens is 272 g/mol. The first-order valence-electron chi connectivity index (χ1n) is 7.12. The number of aliphatic carboxylic acids is 1. The van der Waals surface area contributed by atoms with Crippen LogP contribution in [0.1, 0.15) is 13.3 Å². The summed E-state index contributed by atoms with van der Waals surface area (Å²) >= 11 is 0. The highest BCUT2D eigenvalue weighted by atomic mass is 16.5. The second kappa shape index (κ2) is 6.71. The normalized spacial score (nSPS) is 21.3. The van der Waals surface area contributed by atoms with Crippen LogP contribution in [-0.2, 0) is 9.53 Å². The van der Waals surface area contributed by atoms with Gasteiger partial charge in [-0.05, 0) is 12.5 Å². The minimum absolute atomic E-state index is 0.188. The van der Waals surface area contributed by atoms with Gasteiger partial charge >= 0.3 is 5.97 Å². The van der Waals surface area contributed by atoms with Crippen molar-refractivity contribution in [3.05, 3.63) is 12.3 Å². The number of carboxylic acids is 1. The molecule has 0 spiro atoms. The molecule has 21 heavy (non-hydrogen) atoms. The van der Waals surface area contributed by atoms with Crippen LogP contribution in [-0.4, -0.2) is 60.9 Å². The van der Waals surface area contributed by atoms with E-state index >= 15 is 0 Å². The summed E-state index contributed by atoms with van der Waals surface area (Å²) in [6, 6.07) is 1.63. The quantitative estimate of drug-likeness (QED) is 0.833. The molecule has 1 saturated heterocycles. The van der Waals surface area contributed by atoms with Gasteiger partial charge in [-0.15, -0.1) is 0 Å². The first kappa shape index (κ1) is 15.5. The molecule has 2 heterocycles. The number of anilines is 2. The Bertz CT molecular complexity index is 495. The third kappa shape index (κ3) is 3.41. The van der Waals surface area contributed by atoms with Crippen LogP contribution in [0.5, 0.6) is 0 Å². The van der Waals surface area contributed by atoms with Crippen LogP contribution in [0.3, 0.4) is 0 Å². The number of rotatable bonds is 6. The standard InChI is InChI=1S/C14H22N4O3/c1-4-7-18(11-9-21-8-10(11)13(19)20)12-5-6-15-14(16-12)17(2)3/h5-6,10-11H,4,7-9H2,1-3H3,(H,19,20). The molecule has 1 aliphatic rings. The fourth-order valence-corrected chi connectivity index (χ4v) is 2.49. The summed E-state index contributed by atoms with van der Waals surface area (Å²) in [5.74, 6) is 0.0199. The summed E-state index contributed by atoms with van der Waals surface area (Å²) in [6.45, 7) is 3.47. The fourth-order valence-electron chi connectivity index (χ4n) is 2.49. The fraction of sp³-hybridized carbons (Fsp3) is 0.643. The molecule has 0 aromatic carbocycles. The average Bonchev–Trinajstić information content (AvgIpc) is 2.94. The van der Waals surface area contributed by atoms with Crippen molar-refractivity contribution >= 4 is 17.7 Å². The molecule has 1 fully saturated rings. The lowest BCUT2D eigenvalue weighted by Gasteiger charge is -2.31. The molecule has 2 unspecified atom stereocenters. The lowest BCUT2D eigenvalue weighted by Crippen LogP contribution is -2.44. The van der Waals surface area contributed by atoms with E-state index < -0.39 is 11.9 Å². The number of ether oxygens (including phenoxy) is 1. The van der Waals surface area contributed by atoms with Crippen molar-refractivity contribution in [1.82, 2.24) is 9.97 Å². The number of aromatic nitrogens is 2. The smallest absolute Gasteiger partial charge is 0.311 e. The van der Waals surface area contributed by atoms with Crippen molar-refractivity contribution < 1.29 is 14.6 Å². The Hall–Kier alpha value is -1.89. The third-order valence-electron chi connectivity index (χ3n) is 3.55. The molecule has 2 rings (SSSR count). The molecule has 0 saturated carbocycles. The summed E-state index contributed by atoms with van der Waals surface area (Å²) in [6.07, 6.45) is 2.61. The highest BCUT2D eigenvalue weighted by Crippen LogP contribution is 2.25. The molecule has 0 bridgehead atoms. The van der Waals surface area contributed by atoms with Gasteiger partial charge in [-0.3, -0.25) is 4.79 Å². The summed E-state index contributed by atoms with van der Waals surface area (Å²) in [7, 11) is 3.75. The molecule has 1 N–H and O–H groups in total. The van der Waals surface area contributed by atoms with E-state index in [2.05, 4.69) is 16.9 Å². The van der Waals surface area contributed by atoms with Crippen molar-refractivity contribution in [3.63, 3.8) is 0 Å². The average molecular weight is 294 g/mol. The number of carboxylic acid groups (broad SMARTS) is 1. The first-order valence-corrected chi connectivity index (χ1v) is 7.12. The Balaban J connectivity index is 2.30. The number of nitrogens with zero attached hydrogens (tertiary/aromatic N) is 4. The maximum Gasteiger partial charge on any atom is 0.311 e. The van der Waals surface area contributed by atoms with Crippen molar-refractivity contribution in [1.29, 1.82) is 0 Å². The van der Waals surface area contributed by atoms with Crippen LogP contribution in [0.15, 0.2) is 12.3 Å². The molecule has 1 aromatic rings. The van der Waals surface area contributed by atoms with E-state index in [1.807, 2.05) is 30.0 Å². The zero-order chi connectivity index (χ0) is 15.4. The van der Waals surface area contributed by atoms with E-state index in [9.17, 15) is 9.90 Å². The van der Waals surface area contributed by atoms with Crippen LogP contribution >= 0.6 is 0 Å². The van der Waals surface area contributed by atoms with Gasteiger partial charge in [0.2, 0.25) is 5.95 Å². The number of hydrogen-bond donors (Lipinski definition) is 1. The summed E-state index contributed by atoms with van der Waals surface area (Å²) in [5, 5.41) is 9.34. The van der Waals surface area contributed by atoms with Crippen molar-refractivity contribution in [3.8, 4) is 0 Å². The summed E-state index contributed by atoms with van der Waals surface area (Å²) < 4.78 is 5.38. The minimum atomic E-state index is -0.819. The molecule has 0 aliphatic carbocycles. The molecular formula is C14H22N4O3. The summed E-state index contributed by atoms with van der Waals surface area (Å²) in [4.78, 5) is 24.0. The second-order valence-electron chi connectivity index (χ2n) is 5.35. The molecule has 2 atom stereocenters. The van der Waals surface area contributed by atoms with Crippen LogP contribution in [0.4, 0.5) is 11.8 Å². The lowest BCUT2D eigenvalue weighted by molar-refractivity contribution is -0.141. The lowest BCUT2D eigenvalue weighted by atomic mass is 10.0. The van der Waals surface area contributed by atoms with Gasteiger partial charge in [-0.1, -0.05) is 6.92 Å². The predicted octanol–water partition coefficient (Wildman–Crippen LogP) is 0.859. The Morgan fingerprint density at radius 3 is 2.86 bits per heavy atom. The zero-order valence-corrected chi connectivity index (χ0v) is 12.7. The van der Waals surface area contributed by atoms with Gasteiger partial charge in [-0.2, -0.15) is 4.98 Å². The molecule has 1 aliphatic heterocycles. The Labute approximate surface area is 124 Å². The minimum Gasteiger partial charge on any atom is -0.481 e. The molecule has 1 aromatic heterocycles. The topological polar surface area (TPSA) is 78.8 Å². The van der Waals surface area contributed by atoms with Gasteiger partial charge in [0.25, 0.3) is 0 Å². The van der Waals surface area contributed by atoms with Crippen LogP contribution < -0.4 is 9.80 Å². The van der Waals surface area contributed by atoms with E-state index in [0.29, 0.717) is 12.6 Å². The Morgan fingerprint density at radius 1 is 1.48 bits per heavy atom. The van der Waals surface area contributed by atoms with Crippen molar-refractivity contribution in [2.75, 3.05) is 43.7 Å². The van der Waals surface area contributed by atoms with E-state index in [4.69, 9.17) is 4.74 Å². The van der Waals surface area contributed by atoms with Crippen molar-refractivity contribution in [2.24, 2.45) is 5.92 Å². The molecule has 7 nitrogen and oxygen atoms in total. The molecule has 0 amide bonds. The Morgan fingerprint density at radius 2 is 2.24 bits per heavy atom. The zero-order valence-electron chi connectivity index (χ0n) is 12.7. The van der Waals surface area contributed by atoms with Gasteiger partial charge < -0.3 is 19.6 Å². The highest BCUT2D eigenvalue weighted by Gasteiger charge is 2.38. The van der Waals surface area contributed by atoms with Gasteiger partial charge in [0, 0.05) is 26.8 Å². The highest BCUT2D eigenvalue weighted by molar-refractivity contribution is 5.72. The van der Waals surface area contributed by atoms with Gasteiger partial charge in [-0.25, -0.2) is 4.98 Å². The predicted molar refractivity (Wildman–Crippen MR) is 79.7 cm³/mol. The van der Waals surface area contributed by atoms with Gasteiger partial charge in [0.05, 0.1) is 19.3 Å². The van der Waals surface area contributed by atoms with E-state index in [1.54, 1.807) is 6.20 Å². The molecule has 116 valence electrons.